The zero-order chi connectivity index (χ0) is 20.1. The maximum absolute atomic E-state index is 12.4. The van der Waals surface area contributed by atoms with Gasteiger partial charge >= 0.3 is 0 Å². The molecule has 0 atom stereocenters. The highest BCUT2D eigenvalue weighted by Gasteiger charge is 2.22. The van der Waals surface area contributed by atoms with Crippen LogP contribution in [-0.4, -0.2) is 55.6 Å². The second-order valence-corrected chi connectivity index (χ2v) is 6.56. The monoisotopic (exact) mass is 385 g/mol. The van der Waals surface area contributed by atoms with Gasteiger partial charge in [0.25, 0.3) is 11.6 Å². The first-order valence-corrected chi connectivity index (χ1v) is 9.02. The molecule has 1 saturated heterocycles. The van der Waals surface area contributed by atoms with Gasteiger partial charge in [0.05, 0.1) is 12.0 Å². The van der Waals surface area contributed by atoms with Crippen LogP contribution in [0.2, 0.25) is 0 Å². The number of aryl methyl sites for hydroxylation is 1. The lowest BCUT2D eigenvalue weighted by Gasteiger charge is -2.36. The van der Waals surface area contributed by atoms with Crippen LogP contribution < -0.4 is 14.4 Å². The summed E-state index contributed by atoms with van der Waals surface area (Å²) in [5.41, 5.74) is 1.64. The first-order chi connectivity index (χ1) is 13.5. The van der Waals surface area contributed by atoms with Crippen molar-refractivity contribution in [2.45, 2.75) is 6.92 Å². The molecule has 0 aliphatic carbocycles. The predicted octanol–water partition coefficient (Wildman–Crippen LogP) is 2.64. The van der Waals surface area contributed by atoms with E-state index >= 15 is 0 Å². The summed E-state index contributed by atoms with van der Waals surface area (Å²) in [5, 5.41) is 10.9. The molecule has 1 aliphatic heterocycles. The van der Waals surface area contributed by atoms with Crippen molar-refractivity contribution in [2.24, 2.45) is 0 Å². The third-order valence-corrected chi connectivity index (χ3v) is 4.80. The van der Waals surface area contributed by atoms with Gasteiger partial charge in [-0.25, -0.2) is 0 Å². The normalized spacial score (nSPS) is 13.9. The Bertz CT molecular complexity index is 845. The average Bonchev–Trinajstić information content (AvgIpc) is 2.72. The molecule has 28 heavy (non-hydrogen) atoms. The Balaban J connectivity index is 1.49. The largest absolute Gasteiger partial charge is 0.497 e. The number of nitrogens with zero attached hydrogens (tertiary/aromatic N) is 3. The molecule has 148 valence electrons. The van der Waals surface area contributed by atoms with Crippen LogP contribution in [0.5, 0.6) is 11.5 Å². The molecule has 2 aromatic rings. The highest BCUT2D eigenvalue weighted by atomic mass is 16.6. The van der Waals surface area contributed by atoms with E-state index in [1.165, 1.54) is 12.1 Å². The van der Waals surface area contributed by atoms with E-state index in [4.69, 9.17) is 9.47 Å². The summed E-state index contributed by atoms with van der Waals surface area (Å²) in [5.74, 6) is 1.18. The van der Waals surface area contributed by atoms with Crippen molar-refractivity contribution < 1.29 is 19.2 Å². The van der Waals surface area contributed by atoms with Crippen LogP contribution in [0.1, 0.15) is 5.56 Å². The van der Waals surface area contributed by atoms with Gasteiger partial charge in [-0.2, -0.15) is 0 Å². The predicted molar refractivity (Wildman–Crippen MR) is 105 cm³/mol. The quantitative estimate of drug-likeness (QED) is 0.561. The van der Waals surface area contributed by atoms with Crippen molar-refractivity contribution in [3.63, 3.8) is 0 Å². The van der Waals surface area contributed by atoms with Crippen LogP contribution in [0, 0.1) is 17.0 Å². The van der Waals surface area contributed by atoms with Gasteiger partial charge in [0, 0.05) is 43.5 Å². The molecule has 0 radical (unpaired) electrons. The molecule has 0 bridgehead atoms. The lowest BCUT2D eigenvalue weighted by atomic mass is 10.2. The fourth-order valence-corrected chi connectivity index (χ4v) is 3.17. The maximum atomic E-state index is 12.4. The fourth-order valence-electron chi connectivity index (χ4n) is 3.17. The molecule has 0 spiro atoms. The summed E-state index contributed by atoms with van der Waals surface area (Å²) in [4.78, 5) is 26.8. The Morgan fingerprint density at radius 3 is 2.29 bits per heavy atom. The van der Waals surface area contributed by atoms with Crippen LogP contribution >= 0.6 is 0 Å². The Morgan fingerprint density at radius 2 is 1.71 bits per heavy atom. The number of anilines is 1. The van der Waals surface area contributed by atoms with E-state index in [0.717, 1.165) is 24.5 Å². The number of amides is 1. The standard InChI is InChI=1S/C20H23N3O5/c1-15-13-18(7-8-19(15)23(25)26)28-14-20(24)22-11-9-21(10-12-22)16-3-5-17(27-2)6-4-16/h3-8,13H,9-12,14H2,1-2H3. The number of carbonyl (C=O) groups excluding carboxylic acids is 1. The summed E-state index contributed by atoms with van der Waals surface area (Å²) >= 11 is 0. The van der Waals surface area contributed by atoms with E-state index in [1.807, 2.05) is 24.3 Å². The smallest absolute Gasteiger partial charge is 0.272 e. The second kappa shape index (κ2) is 8.60. The molecule has 3 rings (SSSR count). The minimum absolute atomic E-state index is 0.0355. The number of methoxy groups -OCH3 is 1. The van der Waals surface area contributed by atoms with Gasteiger partial charge in [0.15, 0.2) is 6.61 Å². The van der Waals surface area contributed by atoms with Crippen molar-refractivity contribution >= 4 is 17.3 Å². The molecule has 1 aliphatic rings. The topological polar surface area (TPSA) is 85.2 Å². The molecule has 1 amide bonds. The third kappa shape index (κ3) is 4.51. The summed E-state index contributed by atoms with van der Waals surface area (Å²) in [6, 6.07) is 12.3. The zero-order valence-electron chi connectivity index (χ0n) is 16.0. The second-order valence-electron chi connectivity index (χ2n) is 6.56. The number of hydrogen-bond acceptors (Lipinski definition) is 6. The summed E-state index contributed by atoms with van der Waals surface area (Å²) in [7, 11) is 1.64. The van der Waals surface area contributed by atoms with Crippen molar-refractivity contribution in [1.29, 1.82) is 0 Å². The molecular weight excluding hydrogens is 362 g/mol. The summed E-state index contributed by atoms with van der Waals surface area (Å²) in [6.07, 6.45) is 0. The molecule has 8 nitrogen and oxygen atoms in total. The van der Waals surface area contributed by atoms with E-state index in [-0.39, 0.29) is 18.2 Å². The van der Waals surface area contributed by atoms with Gasteiger partial charge < -0.3 is 19.3 Å². The average molecular weight is 385 g/mol. The lowest BCUT2D eigenvalue weighted by Crippen LogP contribution is -2.50. The van der Waals surface area contributed by atoms with Crippen molar-refractivity contribution in [3.8, 4) is 11.5 Å². The number of benzene rings is 2. The highest BCUT2D eigenvalue weighted by Crippen LogP contribution is 2.23. The van der Waals surface area contributed by atoms with Crippen molar-refractivity contribution in [3.05, 3.63) is 58.1 Å². The first kappa shape index (κ1) is 19.5. The minimum atomic E-state index is -0.438. The summed E-state index contributed by atoms with van der Waals surface area (Å²) in [6.45, 7) is 4.29. The molecule has 8 heteroatoms. The van der Waals surface area contributed by atoms with Gasteiger partial charge in [-0.15, -0.1) is 0 Å². The van der Waals surface area contributed by atoms with E-state index in [1.54, 1.807) is 25.0 Å². The van der Waals surface area contributed by atoms with Gasteiger partial charge in [0.2, 0.25) is 0 Å². The number of carbonyl (C=O) groups is 1. The van der Waals surface area contributed by atoms with E-state index in [2.05, 4.69) is 4.90 Å². The summed E-state index contributed by atoms with van der Waals surface area (Å²) < 4.78 is 10.7. The van der Waals surface area contributed by atoms with E-state index in [0.29, 0.717) is 24.4 Å². The van der Waals surface area contributed by atoms with E-state index < -0.39 is 4.92 Å². The Morgan fingerprint density at radius 1 is 1.07 bits per heavy atom. The zero-order valence-corrected chi connectivity index (χ0v) is 16.0. The lowest BCUT2D eigenvalue weighted by molar-refractivity contribution is -0.385. The SMILES string of the molecule is COc1ccc(N2CCN(C(=O)COc3ccc([N+](=O)[O-])c(C)c3)CC2)cc1. The van der Waals surface area contributed by atoms with Crippen LogP contribution in [0.3, 0.4) is 0 Å². The van der Waals surface area contributed by atoms with Crippen LogP contribution in [0.4, 0.5) is 11.4 Å². The number of nitro benzene ring substituents is 1. The molecular formula is C20H23N3O5. The van der Waals surface area contributed by atoms with Gasteiger partial charge in [-0.3, -0.25) is 14.9 Å². The number of rotatable bonds is 6. The van der Waals surface area contributed by atoms with Gasteiger partial charge in [-0.1, -0.05) is 0 Å². The van der Waals surface area contributed by atoms with Gasteiger partial charge in [-0.05, 0) is 43.3 Å². The van der Waals surface area contributed by atoms with Crippen LogP contribution in [0.15, 0.2) is 42.5 Å². The van der Waals surface area contributed by atoms with Crippen molar-refractivity contribution in [1.82, 2.24) is 4.90 Å². The fraction of sp³-hybridized carbons (Fsp3) is 0.350. The number of hydrogen-bond donors (Lipinski definition) is 0. The van der Waals surface area contributed by atoms with E-state index in [9.17, 15) is 14.9 Å². The maximum Gasteiger partial charge on any atom is 0.272 e. The number of piperazine rings is 1. The molecule has 0 unspecified atom stereocenters. The molecule has 0 N–H and O–H groups in total. The third-order valence-electron chi connectivity index (χ3n) is 4.80. The number of nitro groups is 1. The molecule has 1 fully saturated rings. The van der Waals surface area contributed by atoms with Crippen LogP contribution in [-0.2, 0) is 4.79 Å². The minimum Gasteiger partial charge on any atom is -0.497 e. The molecule has 2 aromatic carbocycles. The molecule has 0 aromatic heterocycles. The van der Waals surface area contributed by atoms with Crippen molar-refractivity contribution in [2.75, 3.05) is 44.8 Å². The Kier molecular flexibility index (Phi) is 5.98. The Labute approximate surface area is 163 Å². The number of ether oxygens (including phenoxy) is 2. The first-order valence-electron chi connectivity index (χ1n) is 9.02. The molecule has 1 heterocycles. The van der Waals surface area contributed by atoms with Crippen LogP contribution in [0.25, 0.3) is 0 Å². The molecule has 0 saturated carbocycles. The Hall–Kier alpha value is -3.29. The highest BCUT2D eigenvalue weighted by molar-refractivity contribution is 5.78. The van der Waals surface area contributed by atoms with Gasteiger partial charge in [0.1, 0.15) is 11.5 Å².